The number of carbonyl (C=O) groups is 2. The van der Waals surface area contributed by atoms with Crippen LogP contribution in [0.15, 0.2) is 12.3 Å². The Balaban J connectivity index is 2.89. The smallest absolute Gasteiger partial charge is 0.288 e. The van der Waals surface area contributed by atoms with Crippen LogP contribution in [0.25, 0.3) is 0 Å². The van der Waals surface area contributed by atoms with Crippen molar-refractivity contribution in [2.75, 3.05) is 12.3 Å². The van der Waals surface area contributed by atoms with Crippen molar-refractivity contribution in [3.63, 3.8) is 0 Å². The van der Waals surface area contributed by atoms with Crippen LogP contribution < -0.4 is 16.4 Å². The van der Waals surface area contributed by atoms with Crippen LogP contribution in [0, 0.1) is 10.1 Å². The van der Waals surface area contributed by atoms with Gasteiger partial charge in [0.2, 0.25) is 5.91 Å². The lowest BCUT2D eigenvalue weighted by Gasteiger charge is -2.13. The molecular weight excluding hydrogens is 266 g/mol. The number of nitrogen functional groups attached to an aromatic ring is 1. The van der Waals surface area contributed by atoms with Gasteiger partial charge < -0.3 is 16.4 Å². The van der Waals surface area contributed by atoms with Crippen LogP contribution in [0.2, 0.25) is 0 Å². The molecule has 1 aromatic rings. The van der Waals surface area contributed by atoms with Gasteiger partial charge in [-0.15, -0.1) is 0 Å². The summed E-state index contributed by atoms with van der Waals surface area (Å²) in [6.07, 6.45) is 0.958. The summed E-state index contributed by atoms with van der Waals surface area (Å²) in [4.78, 5) is 36.9. The number of hydrogen-bond acceptors (Lipinski definition) is 6. The average Bonchev–Trinajstić information content (AvgIpc) is 2.38. The van der Waals surface area contributed by atoms with Crippen molar-refractivity contribution in [1.29, 1.82) is 0 Å². The Kier molecular flexibility index (Phi) is 4.95. The lowest BCUT2D eigenvalue weighted by atomic mass is 10.2. The van der Waals surface area contributed by atoms with Crippen LogP contribution in [-0.4, -0.2) is 34.3 Å². The van der Waals surface area contributed by atoms with E-state index in [0.29, 0.717) is 6.54 Å². The summed E-state index contributed by atoms with van der Waals surface area (Å²) in [5.74, 6) is -1.20. The van der Waals surface area contributed by atoms with Gasteiger partial charge in [-0.3, -0.25) is 19.7 Å². The predicted octanol–water partition coefficient (Wildman–Crippen LogP) is -0.174. The van der Waals surface area contributed by atoms with Gasteiger partial charge in [0.05, 0.1) is 10.5 Å². The fraction of sp³-hybridized carbons (Fsp3) is 0.364. The molecule has 0 saturated carbocycles. The van der Waals surface area contributed by atoms with E-state index in [1.54, 1.807) is 6.92 Å². The molecule has 1 unspecified atom stereocenters. The molecule has 2 amide bonds. The monoisotopic (exact) mass is 281 g/mol. The third-order valence-corrected chi connectivity index (χ3v) is 2.45. The maximum Gasteiger partial charge on any atom is 0.288 e. The van der Waals surface area contributed by atoms with Gasteiger partial charge in [-0.2, -0.15) is 0 Å². The van der Waals surface area contributed by atoms with Gasteiger partial charge in [0.15, 0.2) is 0 Å². The highest BCUT2D eigenvalue weighted by molar-refractivity contribution is 6.01. The number of nitrogens with one attached hydrogen (secondary N) is 2. The number of pyridine rings is 1. The van der Waals surface area contributed by atoms with Crippen molar-refractivity contribution in [2.45, 2.75) is 19.9 Å². The molecule has 1 atom stereocenters. The highest BCUT2D eigenvalue weighted by Gasteiger charge is 2.20. The normalized spacial score (nSPS) is 11.5. The second-order valence-electron chi connectivity index (χ2n) is 3.97. The summed E-state index contributed by atoms with van der Waals surface area (Å²) in [5, 5.41) is 15.6. The second kappa shape index (κ2) is 6.45. The maximum absolute atomic E-state index is 11.9. The number of aromatic nitrogens is 1. The van der Waals surface area contributed by atoms with E-state index in [2.05, 4.69) is 15.6 Å². The van der Waals surface area contributed by atoms with Crippen molar-refractivity contribution in [2.24, 2.45) is 0 Å². The van der Waals surface area contributed by atoms with Crippen molar-refractivity contribution < 1.29 is 14.5 Å². The van der Waals surface area contributed by atoms with E-state index < -0.39 is 16.9 Å². The largest absolute Gasteiger partial charge is 0.383 e. The lowest BCUT2D eigenvalue weighted by molar-refractivity contribution is -0.385. The standard InChI is InChI=1S/C11H15N5O4/c1-3-13-10(17)6(2)15-11(18)8-4-7(16(19)20)5-14-9(8)12/h4-6H,3H2,1-2H3,(H2,12,14)(H,13,17)(H,15,18). The quantitative estimate of drug-likeness (QED) is 0.505. The number of nitrogens with two attached hydrogens (primary N) is 1. The molecule has 4 N–H and O–H groups in total. The second-order valence-corrected chi connectivity index (χ2v) is 3.97. The summed E-state index contributed by atoms with van der Waals surface area (Å²) in [7, 11) is 0. The molecule has 1 rings (SSSR count). The Morgan fingerprint density at radius 3 is 2.75 bits per heavy atom. The number of likely N-dealkylation sites (N-methyl/N-ethyl adjacent to an activating group) is 1. The molecule has 1 aromatic heterocycles. The van der Waals surface area contributed by atoms with Crippen molar-refractivity contribution in [3.8, 4) is 0 Å². The zero-order valence-corrected chi connectivity index (χ0v) is 11.0. The Bertz CT molecular complexity index is 546. The molecule has 0 aliphatic rings. The molecule has 0 aliphatic carbocycles. The molecule has 9 nitrogen and oxygen atoms in total. The van der Waals surface area contributed by atoms with Crippen LogP contribution in [0.3, 0.4) is 0 Å². The van der Waals surface area contributed by atoms with Gasteiger partial charge >= 0.3 is 0 Å². The minimum absolute atomic E-state index is 0.142. The van der Waals surface area contributed by atoms with Gasteiger partial charge in [0.1, 0.15) is 18.1 Å². The van der Waals surface area contributed by atoms with Crippen molar-refractivity contribution >= 4 is 23.3 Å². The zero-order chi connectivity index (χ0) is 15.3. The third-order valence-electron chi connectivity index (χ3n) is 2.45. The number of carbonyl (C=O) groups excluding carboxylic acids is 2. The highest BCUT2D eigenvalue weighted by atomic mass is 16.6. The predicted molar refractivity (Wildman–Crippen MR) is 70.9 cm³/mol. The van der Waals surface area contributed by atoms with Gasteiger partial charge in [-0.05, 0) is 13.8 Å². The first kappa shape index (κ1) is 15.3. The summed E-state index contributed by atoms with van der Waals surface area (Å²) >= 11 is 0. The molecule has 0 bridgehead atoms. The van der Waals surface area contributed by atoms with Gasteiger partial charge in [0.25, 0.3) is 11.6 Å². The first-order valence-electron chi connectivity index (χ1n) is 5.85. The van der Waals surface area contributed by atoms with E-state index in [4.69, 9.17) is 5.73 Å². The Morgan fingerprint density at radius 2 is 2.20 bits per heavy atom. The third kappa shape index (κ3) is 3.64. The number of hydrogen-bond donors (Lipinski definition) is 3. The molecule has 0 fully saturated rings. The summed E-state index contributed by atoms with van der Waals surface area (Å²) in [5.41, 5.74) is 5.01. The van der Waals surface area contributed by atoms with E-state index >= 15 is 0 Å². The molecule has 1 heterocycles. The van der Waals surface area contributed by atoms with E-state index in [9.17, 15) is 19.7 Å². The van der Waals surface area contributed by atoms with Gasteiger partial charge in [-0.1, -0.05) is 0 Å². The molecule has 0 saturated heterocycles. The fourth-order valence-corrected chi connectivity index (χ4v) is 1.41. The minimum Gasteiger partial charge on any atom is -0.383 e. The topological polar surface area (TPSA) is 140 Å². The summed E-state index contributed by atoms with van der Waals surface area (Å²) < 4.78 is 0. The Labute approximate surface area is 114 Å². The van der Waals surface area contributed by atoms with Gasteiger partial charge in [-0.25, -0.2) is 4.98 Å². The highest BCUT2D eigenvalue weighted by Crippen LogP contribution is 2.16. The number of rotatable bonds is 5. The number of nitrogens with zero attached hydrogens (tertiary/aromatic N) is 2. The van der Waals surface area contributed by atoms with Crippen LogP contribution in [0.1, 0.15) is 24.2 Å². The molecule has 0 aromatic carbocycles. The van der Waals surface area contributed by atoms with Crippen LogP contribution >= 0.6 is 0 Å². The SMILES string of the molecule is CCNC(=O)C(C)NC(=O)c1cc([N+](=O)[O-])cnc1N. The summed E-state index contributed by atoms with van der Waals surface area (Å²) in [6.45, 7) is 3.66. The van der Waals surface area contributed by atoms with E-state index in [0.717, 1.165) is 12.3 Å². The van der Waals surface area contributed by atoms with E-state index in [1.165, 1.54) is 6.92 Å². The first-order chi connectivity index (χ1) is 9.36. The van der Waals surface area contributed by atoms with E-state index in [-0.39, 0.29) is 23.0 Å². The van der Waals surface area contributed by atoms with Gasteiger partial charge in [0, 0.05) is 12.6 Å². The van der Waals surface area contributed by atoms with Crippen molar-refractivity contribution in [3.05, 3.63) is 27.9 Å². The number of amides is 2. The lowest BCUT2D eigenvalue weighted by Crippen LogP contribution is -2.44. The minimum atomic E-state index is -0.791. The zero-order valence-electron chi connectivity index (χ0n) is 11.0. The maximum atomic E-state index is 11.9. The molecule has 0 spiro atoms. The Morgan fingerprint density at radius 1 is 1.55 bits per heavy atom. The van der Waals surface area contributed by atoms with E-state index in [1.807, 2.05) is 0 Å². The Hall–Kier alpha value is -2.71. The summed E-state index contributed by atoms with van der Waals surface area (Å²) in [6, 6.07) is 0.225. The first-order valence-corrected chi connectivity index (χ1v) is 5.85. The molecule has 20 heavy (non-hydrogen) atoms. The van der Waals surface area contributed by atoms with Crippen LogP contribution in [-0.2, 0) is 4.79 Å². The molecule has 0 radical (unpaired) electrons. The molecular formula is C11H15N5O4. The number of anilines is 1. The average molecular weight is 281 g/mol. The van der Waals surface area contributed by atoms with Crippen LogP contribution in [0.5, 0.6) is 0 Å². The van der Waals surface area contributed by atoms with Crippen molar-refractivity contribution in [1.82, 2.24) is 15.6 Å². The fourth-order valence-electron chi connectivity index (χ4n) is 1.41. The molecule has 0 aliphatic heterocycles. The van der Waals surface area contributed by atoms with Crippen LogP contribution in [0.4, 0.5) is 11.5 Å². The molecule has 9 heteroatoms. The number of nitro groups is 1. The molecule has 108 valence electrons.